The summed E-state index contributed by atoms with van der Waals surface area (Å²) in [6, 6.07) is 6.29. The topological polar surface area (TPSA) is 29.5 Å². The minimum absolute atomic E-state index is 0.0688. The number of ether oxygens (including phenoxy) is 1. The number of likely N-dealkylation sites (tertiary alicyclic amines) is 1. The lowest BCUT2D eigenvalue weighted by atomic mass is 9.75. The molecule has 0 radical (unpaired) electrons. The second-order valence-electron chi connectivity index (χ2n) is 9.04. The van der Waals surface area contributed by atoms with E-state index in [9.17, 15) is 4.79 Å². The minimum atomic E-state index is 0.0688. The normalized spacial score (nSPS) is 23.7. The molecule has 4 heteroatoms. The fraction of sp³-hybridized carbons (Fsp3) is 0.682. The Balaban J connectivity index is 1.61. The third-order valence-electron chi connectivity index (χ3n) is 5.96. The zero-order valence-electron chi connectivity index (χ0n) is 16.6. The summed E-state index contributed by atoms with van der Waals surface area (Å²) in [5.41, 5.74) is 1.49. The van der Waals surface area contributed by atoms with Crippen LogP contribution in [0.1, 0.15) is 65.4 Å². The van der Waals surface area contributed by atoms with E-state index in [1.807, 2.05) is 32.0 Å². The molecule has 0 aromatic heterocycles. The van der Waals surface area contributed by atoms with Crippen molar-refractivity contribution < 1.29 is 9.53 Å². The lowest BCUT2D eigenvalue weighted by Crippen LogP contribution is -2.41. The van der Waals surface area contributed by atoms with Gasteiger partial charge in [-0.25, -0.2) is 0 Å². The number of hydrogen-bond acceptors (Lipinski definition) is 2. The van der Waals surface area contributed by atoms with Crippen molar-refractivity contribution in [1.82, 2.24) is 4.90 Å². The van der Waals surface area contributed by atoms with E-state index in [2.05, 4.69) is 18.7 Å². The maximum absolute atomic E-state index is 13.0. The lowest BCUT2D eigenvalue weighted by Gasteiger charge is -2.38. The van der Waals surface area contributed by atoms with Crippen molar-refractivity contribution in [3.8, 4) is 5.75 Å². The van der Waals surface area contributed by atoms with Gasteiger partial charge in [-0.15, -0.1) is 0 Å². The van der Waals surface area contributed by atoms with E-state index in [0.717, 1.165) is 43.5 Å². The van der Waals surface area contributed by atoms with Crippen LogP contribution in [0.5, 0.6) is 5.75 Å². The third-order valence-corrected chi connectivity index (χ3v) is 6.31. The highest BCUT2D eigenvalue weighted by Gasteiger charge is 2.38. The Morgan fingerprint density at radius 3 is 2.54 bits per heavy atom. The van der Waals surface area contributed by atoms with Crippen LogP contribution in [0.2, 0.25) is 5.02 Å². The zero-order valence-corrected chi connectivity index (χ0v) is 17.3. The van der Waals surface area contributed by atoms with Crippen LogP contribution in [-0.2, 0) is 11.2 Å². The summed E-state index contributed by atoms with van der Waals surface area (Å²) in [7, 11) is 0. The van der Waals surface area contributed by atoms with Crippen molar-refractivity contribution in [1.29, 1.82) is 0 Å². The Kier molecular flexibility index (Phi) is 5.86. The third kappa shape index (κ3) is 4.54. The zero-order chi connectivity index (χ0) is 18.9. The molecule has 0 spiro atoms. The van der Waals surface area contributed by atoms with Crippen molar-refractivity contribution in [3.05, 3.63) is 28.8 Å². The highest BCUT2D eigenvalue weighted by Crippen LogP contribution is 2.39. The first-order valence-electron chi connectivity index (χ1n) is 10.0. The predicted octanol–water partition coefficient (Wildman–Crippen LogP) is 5.49. The Morgan fingerprint density at radius 1 is 1.23 bits per heavy atom. The number of halogens is 1. The van der Waals surface area contributed by atoms with Crippen molar-refractivity contribution in [2.24, 2.45) is 11.3 Å². The van der Waals surface area contributed by atoms with Crippen LogP contribution >= 0.6 is 11.6 Å². The van der Waals surface area contributed by atoms with Gasteiger partial charge < -0.3 is 9.64 Å². The number of nitrogens with zero attached hydrogens (tertiary/aromatic N) is 1. The van der Waals surface area contributed by atoms with Gasteiger partial charge in [0.15, 0.2) is 0 Å². The number of carbonyl (C=O) groups excluding carboxylic acids is 1. The van der Waals surface area contributed by atoms with Gasteiger partial charge in [-0.05, 0) is 75.5 Å². The molecular formula is C22H32ClNO2. The summed E-state index contributed by atoms with van der Waals surface area (Å²) in [4.78, 5) is 15.1. The first-order valence-corrected chi connectivity index (χ1v) is 10.4. The molecule has 1 unspecified atom stereocenters. The summed E-state index contributed by atoms with van der Waals surface area (Å²) in [5, 5.41) is 0.703. The molecule has 1 atom stereocenters. The van der Waals surface area contributed by atoms with Crippen molar-refractivity contribution in [2.75, 3.05) is 6.54 Å². The molecule has 0 N–H and O–H groups in total. The van der Waals surface area contributed by atoms with Crippen LogP contribution in [0.15, 0.2) is 18.2 Å². The number of rotatable bonds is 5. The number of benzene rings is 1. The molecule has 1 aliphatic carbocycles. The summed E-state index contributed by atoms with van der Waals surface area (Å²) < 4.78 is 5.69. The molecule has 1 saturated carbocycles. The van der Waals surface area contributed by atoms with E-state index in [4.69, 9.17) is 16.3 Å². The lowest BCUT2D eigenvalue weighted by molar-refractivity contribution is -0.133. The molecule has 2 fully saturated rings. The fourth-order valence-corrected chi connectivity index (χ4v) is 4.56. The number of carbonyl (C=O) groups is 1. The summed E-state index contributed by atoms with van der Waals surface area (Å²) in [6.45, 7) is 9.58. The largest absolute Gasteiger partial charge is 0.491 e. The Morgan fingerprint density at radius 2 is 1.92 bits per heavy atom. The van der Waals surface area contributed by atoms with E-state index in [-0.39, 0.29) is 12.0 Å². The van der Waals surface area contributed by atoms with Crippen LogP contribution in [0.25, 0.3) is 0 Å². The predicted molar refractivity (Wildman–Crippen MR) is 107 cm³/mol. The van der Waals surface area contributed by atoms with Gasteiger partial charge in [0, 0.05) is 23.5 Å². The van der Waals surface area contributed by atoms with Crippen molar-refractivity contribution in [3.63, 3.8) is 0 Å². The smallest absolute Gasteiger partial charge is 0.226 e. The molecule has 144 valence electrons. The second-order valence-corrected chi connectivity index (χ2v) is 9.44. The number of amides is 1. The monoisotopic (exact) mass is 377 g/mol. The van der Waals surface area contributed by atoms with E-state index in [1.54, 1.807) is 0 Å². The first-order chi connectivity index (χ1) is 12.2. The molecule has 1 heterocycles. The van der Waals surface area contributed by atoms with Crippen molar-refractivity contribution in [2.45, 2.75) is 78.4 Å². The van der Waals surface area contributed by atoms with E-state index in [1.165, 1.54) is 12.8 Å². The molecule has 1 aliphatic heterocycles. The van der Waals surface area contributed by atoms with Gasteiger partial charge in [0.2, 0.25) is 5.91 Å². The second kappa shape index (κ2) is 7.80. The molecule has 1 saturated heterocycles. The Bertz CT molecular complexity index is 646. The molecule has 0 bridgehead atoms. The van der Waals surface area contributed by atoms with Crippen LogP contribution in [-0.4, -0.2) is 29.5 Å². The molecule has 2 aliphatic rings. The van der Waals surface area contributed by atoms with E-state index < -0.39 is 0 Å². The van der Waals surface area contributed by atoms with Gasteiger partial charge in [-0.3, -0.25) is 4.79 Å². The first kappa shape index (κ1) is 19.5. The molecule has 3 nitrogen and oxygen atoms in total. The minimum Gasteiger partial charge on any atom is -0.491 e. The Hall–Kier alpha value is -1.22. The fourth-order valence-electron chi connectivity index (χ4n) is 4.32. The molecule has 1 aromatic rings. The van der Waals surface area contributed by atoms with Crippen LogP contribution in [0.4, 0.5) is 0 Å². The SMILES string of the molecule is CC(C)Oc1ccc(CC2CCN(C3CCC(C)(C)CC3)C2=O)c(Cl)c1. The van der Waals surface area contributed by atoms with Gasteiger partial charge in [0.1, 0.15) is 5.75 Å². The van der Waals surface area contributed by atoms with E-state index in [0.29, 0.717) is 22.4 Å². The van der Waals surface area contributed by atoms with Crippen molar-refractivity contribution >= 4 is 17.5 Å². The van der Waals surface area contributed by atoms with Gasteiger partial charge >= 0.3 is 0 Å². The molecule has 1 amide bonds. The standard InChI is InChI=1S/C22H32ClNO2/c1-15(2)26-19-6-5-16(20(23)14-19)13-17-9-12-24(21(17)25)18-7-10-22(3,4)11-8-18/h5-6,14-15,17-18H,7-13H2,1-4H3. The summed E-state index contributed by atoms with van der Waals surface area (Å²) >= 11 is 6.45. The highest BCUT2D eigenvalue weighted by atomic mass is 35.5. The van der Waals surface area contributed by atoms with Gasteiger partial charge in [-0.2, -0.15) is 0 Å². The van der Waals surface area contributed by atoms with Gasteiger partial charge in [0.05, 0.1) is 6.10 Å². The molecule has 26 heavy (non-hydrogen) atoms. The summed E-state index contributed by atoms with van der Waals surface area (Å²) in [6.07, 6.45) is 6.53. The quantitative estimate of drug-likeness (QED) is 0.679. The molecular weight excluding hydrogens is 346 g/mol. The van der Waals surface area contributed by atoms with Crippen LogP contribution in [0, 0.1) is 11.3 Å². The molecule has 1 aromatic carbocycles. The van der Waals surface area contributed by atoms with Gasteiger partial charge in [-0.1, -0.05) is 31.5 Å². The average molecular weight is 378 g/mol. The van der Waals surface area contributed by atoms with E-state index >= 15 is 0 Å². The van der Waals surface area contributed by atoms with Crippen LogP contribution in [0.3, 0.4) is 0 Å². The van der Waals surface area contributed by atoms with Gasteiger partial charge in [0.25, 0.3) is 0 Å². The Labute approximate surface area is 163 Å². The summed E-state index contributed by atoms with van der Waals surface area (Å²) in [5.74, 6) is 1.19. The highest BCUT2D eigenvalue weighted by molar-refractivity contribution is 6.31. The molecule has 3 rings (SSSR count). The number of hydrogen-bond donors (Lipinski definition) is 0. The average Bonchev–Trinajstić information content (AvgIpc) is 2.90. The van der Waals surface area contributed by atoms with Crippen LogP contribution < -0.4 is 4.74 Å². The maximum atomic E-state index is 13.0. The maximum Gasteiger partial charge on any atom is 0.226 e.